The van der Waals surface area contributed by atoms with Crippen molar-refractivity contribution in [3.8, 4) is 0 Å². The molecule has 0 saturated carbocycles. The Morgan fingerprint density at radius 2 is 1.89 bits per heavy atom. The fraction of sp³-hybridized carbons (Fsp3) is 0.444. The molecule has 0 fully saturated rings. The fourth-order valence-corrected chi connectivity index (χ4v) is 2.76. The van der Waals surface area contributed by atoms with E-state index in [2.05, 4.69) is 5.43 Å². The Morgan fingerprint density at radius 3 is 2.44 bits per heavy atom. The van der Waals surface area contributed by atoms with E-state index in [-0.39, 0.29) is 5.92 Å². The van der Waals surface area contributed by atoms with Crippen molar-refractivity contribution in [3.63, 3.8) is 0 Å². The number of nitro groups is 1. The lowest BCUT2D eigenvalue weighted by Crippen LogP contribution is -2.38. The second kappa shape index (κ2) is 8.07. The Kier molecular flexibility index (Phi) is 6.04. The van der Waals surface area contributed by atoms with Crippen LogP contribution in [0.15, 0.2) is 30.5 Å². The number of hydrogen-bond acceptors (Lipinski definition) is 6. The highest BCUT2D eigenvalue weighted by atomic mass is 16.7. The molecule has 146 valence electrons. The summed E-state index contributed by atoms with van der Waals surface area (Å²) in [6, 6.07) is 6.25. The molecule has 1 aromatic carbocycles. The molecule has 1 heterocycles. The molecule has 1 aromatic heterocycles. The lowest BCUT2D eigenvalue weighted by Gasteiger charge is -2.21. The number of nitrogens with zero attached hydrogens (tertiary/aromatic N) is 2. The molecule has 0 aliphatic rings. The number of rotatable bonds is 8. The molecule has 2 N–H and O–H groups in total. The number of aliphatic carboxylic acids is 1. The number of nitrogens with one attached hydrogen (secondary N) is 1. The molecule has 0 radical (unpaired) electrons. The fourth-order valence-electron chi connectivity index (χ4n) is 2.76. The van der Waals surface area contributed by atoms with Crippen molar-refractivity contribution in [1.82, 2.24) is 4.68 Å². The van der Waals surface area contributed by atoms with E-state index in [0.717, 1.165) is 5.39 Å². The Morgan fingerprint density at radius 1 is 1.22 bits per heavy atom. The number of esters is 1. The summed E-state index contributed by atoms with van der Waals surface area (Å²) in [5.41, 5.74) is 4.29. The van der Waals surface area contributed by atoms with Gasteiger partial charge >= 0.3 is 18.2 Å². The summed E-state index contributed by atoms with van der Waals surface area (Å²) in [5, 5.41) is 20.8. The van der Waals surface area contributed by atoms with Crippen molar-refractivity contribution in [1.29, 1.82) is 0 Å². The number of carbonyl (C=O) groups excluding carboxylic acids is 1. The van der Waals surface area contributed by atoms with Crippen LogP contribution in [0.25, 0.3) is 10.9 Å². The van der Waals surface area contributed by atoms with Gasteiger partial charge in [0, 0.05) is 18.5 Å². The quantitative estimate of drug-likeness (QED) is 0.313. The van der Waals surface area contributed by atoms with E-state index in [1.165, 1.54) is 6.92 Å². The van der Waals surface area contributed by atoms with Crippen LogP contribution >= 0.6 is 0 Å². The summed E-state index contributed by atoms with van der Waals surface area (Å²) in [6.45, 7) is 6.42. The zero-order chi connectivity index (χ0) is 20.3. The molecule has 2 aromatic rings. The molecule has 27 heavy (non-hydrogen) atoms. The summed E-state index contributed by atoms with van der Waals surface area (Å²) in [7, 11) is 0. The maximum Gasteiger partial charge on any atom is 0.353 e. The van der Waals surface area contributed by atoms with Gasteiger partial charge in [0.2, 0.25) is 0 Å². The number of carboxylic acids is 1. The zero-order valence-electron chi connectivity index (χ0n) is 15.6. The lowest BCUT2D eigenvalue weighted by molar-refractivity contribution is -0.563. The summed E-state index contributed by atoms with van der Waals surface area (Å²) in [4.78, 5) is 33.7. The average molecular weight is 377 g/mol. The zero-order valence-corrected chi connectivity index (χ0v) is 15.6. The van der Waals surface area contributed by atoms with E-state index < -0.39 is 35.0 Å². The molecule has 3 atom stereocenters. The van der Waals surface area contributed by atoms with Crippen LogP contribution in [0.4, 0.5) is 0 Å². The van der Waals surface area contributed by atoms with Crippen molar-refractivity contribution < 1.29 is 24.4 Å². The van der Waals surface area contributed by atoms with Crippen LogP contribution in [0.3, 0.4) is 0 Å². The normalized spacial score (nSPS) is 14.6. The van der Waals surface area contributed by atoms with Crippen LogP contribution < -0.4 is 5.43 Å². The van der Waals surface area contributed by atoms with Crippen molar-refractivity contribution in [2.24, 2.45) is 5.92 Å². The van der Waals surface area contributed by atoms with E-state index >= 15 is 0 Å². The summed E-state index contributed by atoms with van der Waals surface area (Å²) < 4.78 is 6.48. The number of ether oxygens (including phenoxy) is 1. The largest absolute Gasteiger partial charge is 0.480 e. The van der Waals surface area contributed by atoms with Crippen molar-refractivity contribution in [3.05, 3.63) is 46.1 Å². The number of hydrogen-bond donors (Lipinski definition) is 2. The van der Waals surface area contributed by atoms with Gasteiger partial charge in [-0.1, -0.05) is 26.0 Å². The molecule has 9 nitrogen and oxygen atoms in total. The minimum absolute atomic E-state index is 0.138. The highest BCUT2D eigenvalue weighted by Gasteiger charge is 2.26. The standard InChI is InChI=1S/C18H23N3O6/c1-10(2)16(17(22)23)19-20-9-8-14-13(6-5-7-15(14)20)11(3)18(24)27-12(4)21(25)26/h5-12,16,19H,1-4H3,(H,22,23). The van der Waals surface area contributed by atoms with Gasteiger partial charge in [0.05, 0.1) is 16.4 Å². The van der Waals surface area contributed by atoms with E-state index in [1.807, 2.05) is 0 Å². The Balaban J connectivity index is 2.33. The molecule has 0 aliphatic carbocycles. The van der Waals surface area contributed by atoms with Gasteiger partial charge < -0.3 is 15.3 Å². The predicted molar refractivity (Wildman–Crippen MR) is 98.5 cm³/mol. The average Bonchev–Trinajstić information content (AvgIpc) is 3.01. The molecule has 0 bridgehead atoms. The molecular weight excluding hydrogens is 354 g/mol. The first-order chi connectivity index (χ1) is 12.6. The van der Waals surface area contributed by atoms with Crippen molar-refractivity contribution in [2.75, 3.05) is 5.43 Å². The molecular formula is C18H23N3O6. The van der Waals surface area contributed by atoms with Gasteiger partial charge in [-0.05, 0) is 30.5 Å². The smallest absolute Gasteiger partial charge is 0.353 e. The number of aromatic nitrogens is 1. The molecule has 0 spiro atoms. The number of fused-ring (bicyclic) bond motifs is 1. The van der Waals surface area contributed by atoms with Crippen LogP contribution in [-0.4, -0.2) is 38.9 Å². The van der Waals surface area contributed by atoms with Crippen LogP contribution in [0.5, 0.6) is 0 Å². The first-order valence-corrected chi connectivity index (χ1v) is 8.56. The highest BCUT2D eigenvalue weighted by Crippen LogP contribution is 2.27. The van der Waals surface area contributed by atoms with Gasteiger partial charge in [-0.25, -0.2) is 4.79 Å². The van der Waals surface area contributed by atoms with E-state index in [1.54, 1.807) is 55.9 Å². The maximum absolute atomic E-state index is 12.2. The van der Waals surface area contributed by atoms with Crippen molar-refractivity contribution >= 4 is 22.8 Å². The maximum atomic E-state index is 12.2. The summed E-state index contributed by atoms with van der Waals surface area (Å²) in [5.74, 6) is -2.51. The van der Waals surface area contributed by atoms with Crippen LogP contribution in [-0.2, 0) is 14.3 Å². The van der Waals surface area contributed by atoms with Crippen LogP contribution in [0.2, 0.25) is 0 Å². The minimum Gasteiger partial charge on any atom is -0.480 e. The second-order valence-electron chi connectivity index (χ2n) is 6.70. The second-order valence-corrected chi connectivity index (χ2v) is 6.70. The van der Waals surface area contributed by atoms with E-state index in [4.69, 9.17) is 4.74 Å². The van der Waals surface area contributed by atoms with Gasteiger partial charge in [-0.3, -0.25) is 19.6 Å². The number of benzene rings is 1. The molecule has 9 heteroatoms. The van der Waals surface area contributed by atoms with Gasteiger partial charge in [0.25, 0.3) is 0 Å². The monoisotopic (exact) mass is 377 g/mol. The van der Waals surface area contributed by atoms with Gasteiger partial charge in [-0.2, -0.15) is 0 Å². The molecule has 2 rings (SSSR count). The summed E-state index contributed by atoms with van der Waals surface area (Å²) in [6.07, 6.45) is 0.261. The van der Waals surface area contributed by atoms with E-state index in [0.29, 0.717) is 11.1 Å². The lowest BCUT2D eigenvalue weighted by atomic mass is 9.98. The number of carboxylic acid groups (broad SMARTS) is 1. The third-order valence-corrected chi connectivity index (χ3v) is 4.38. The third kappa shape index (κ3) is 4.36. The Hall–Kier alpha value is -3.10. The minimum atomic E-state index is -1.42. The Labute approximate surface area is 156 Å². The first kappa shape index (κ1) is 20.2. The SMILES string of the molecule is CC(C(=O)OC(C)[N+](=O)[O-])c1cccc2c1ccn2NC(C(=O)O)C(C)C. The van der Waals surface area contributed by atoms with Gasteiger partial charge in [0.1, 0.15) is 6.04 Å². The van der Waals surface area contributed by atoms with Gasteiger partial charge in [-0.15, -0.1) is 0 Å². The molecule has 0 saturated heterocycles. The van der Waals surface area contributed by atoms with E-state index in [9.17, 15) is 24.8 Å². The predicted octanol–water partition coefficient (Wildman–Crippen LogP) is 2.56. The van der Waals surface area contributed by atoms with Gasteiger partial charge in [0.15, 0.2) is 0 Å². The molecule has 0 amide bonds. The number of carbonyl (C=O) groups is 2. The molecule has 3 unspecified atom stereocenters. The first-order valence-electron chi connectivity index (χ1n) is 8.56. The van der Waals surface area contributed by atoms with Crippen molar-refractivity contribution in [2.45, 2.75) is 45.9 Å². The topological polar surface area (TPSA) is 124 Å². The highest BCUT2D eigenvalue weighted by molar-refractivity contribution is 5.90. The van der Waals surface area contributed by atoms with Crippen LogP contribution in [0, 0.1) is 16.0 Å². The summed E-state index contributed by atoms with van der Waals surface area (Å²) >= 11 is 0. The third-order valence-electron chi connectivity index (χ3n) is 4.38. The molecule has 0 aliphatic heterocycles. The Bertz CT molecular complexity index is 860. The van der Waals surface area contributed by atoms with Crippen LogP contribution in [0.1, 0.15) is 39.2 Å².